The highest BCUT2D eigenvalue weighted by molar-refractivity contribution is 6.10. The molecule has 0 aliphatic rings. The van der Waals surface area contributed by atoms with Crippen LogP contribution in [-0.4, -0.2) is 20.7 Å². The lowest BCUT2D eigenvalue weighted by Gasteiger charge is -2.15. The first kappa shape index (κ1) is 19.3. The van der Waals surface area contributed by atoms with Gasteiger partial charge in [-0.05, 0) is 24.1 Å². The number of pyridine rings is 1. The maximum absolute atomic E-state index is 13.3. The van der Waals surface area contributed by atoms with Crippen LogP contribution in [0.1, 0.15) is 15.9 Å². The Morgan fingerprint density at radius 3 is 2.13 bits per heavy atom. The molecule has 0 saturated carbocycles. The Morgan fingerprint density at radius 2 is 1.53 bits per heavy atom. The number of carbonyl (C=O) groups is 1. The van der Waals surface area contributed by atoms with E-state index in [0.29, 0.717) is 17.1 Å². The van der Waals surface area contributed by atoms with E-state index >= 15 is 0 Å². The maximum atomic E-state index is 13.3. The number of hydrogen-bond acceptors (Lipinski definition) is 4. The smallest absolute Gasteiger partial charge is 0.280 e. The van der Waals surface area contributed by atoms with Crippen LogP contribution in [0.15, 0.2) is 83.8 Å². The van der Waals surface area contributed by atoms with E-state index in [0.717, 1.165) is 16.7 Å². The van der Waals surface area contributed by atoms with Gasteiger partial charge in [0, 0.05) is 24.4 Å². The fraction of sp³-hybridized carbons (Fsp3) is 0.0833. The number of benzene rings is 2. The molecule has 4 aromatic rings. The molecule has 2 aromatic heterocycles. The predicted molar refractivity (Wildman–Crippen MR) is 117 cm³/mol. The predicted octanol–water partition coefficient (Wildman–Crippen LogP) is 4.07. The second-order valence-corrected chi connectivity index (χ2v) is 6.93. The Kier molecular flexibility index (Phi) is 5.22. The first-order chi connectivity index (χ1) is 14.5. The van der Waals surface area contributed by atoms with Crippen molar-refractivity contribution in [1.82, 2.24) is 14.8 Å². The van der Waals surface area contributed by atoms with Crippen molar-refractivity contribution >= 4 is 11.7 Å². The van der Waals surface area contributed by atoms with E-state index in [1.54, 1.807) is 19.3 Å². The summed E-state index contributed by atoms with van der Waals surface area (Å²) < 4.78 is 1.20. The summed E-state index contributed by atoms with van der Waals surface area (Å²) in [6.45, 7) is 1.91. The molecule has 6 nitrogen and oxygen atoms in total. The zero-order chi connectivity index (χ0) is 21.1. The van der Waals surface area contributed by atoms with Crippen molar-refractivity contribution in [3.63, 3.8) is 0 Å². The number of rotatable bonds is 4. The third-order valence-electron chi connectivity index (χ3n) is 4.73. The molecule has 0 radical (unpaired) electrons. The lowest BCUT2D eigenvalue weighted by Crippen LogP contribution is -2.31. The highest BCUT2D eigenvalue weighted by atomic mass is 16.2. The second-order valence-electron chi connectivity index (χ2n) is 6.93. The molecular weight excluding hydrogens is 376 g/mol. The van der Waals surface area contributed by atoms with Gasteiger partial charge in [0.25, 0.3) is 11.5 Å². The summed E-state index contributed by atoms with van der Waals surface area (Å²) in [6, 6.07) is 22.4. The molecule has 4 rings (SSSR count). The third-order valence-corrected chi connectivity index (χ3v) is 4.73. The van der Waals surface area contributed by atoms with Crippen LogP contribution < -0.4 is 10.9 Å². The first-order valence-corrected chi connectivity index (χ1v) is 9.51. The summed E-state index contributed by atoms with van der Waals surface area (Å²) in [5, 5.41) is 7.24. The van der Waals surface area contributed by atoms with Crippen molar-refractivity contribution in [1.29, 1.82) is 0 Å². The fourth-order valence-electron chi connectivity index (χ4n) is 3.25. The molecule has 148 valence electrons. The lowest BCUT2D eigenvalue weighted by molar-refractivity contribution is 0.102. The van der Waals surface area contributed by atoms with Crippen LogP contribution in [-0.2, 0) is 7.05 Å². The summed E-state index contributed by atoms with van der Waals surface area (Å²) in [4.78, 5) is 30.5. The highest BCUT2D eigenvalue weighted by Crippen LogP contribution is 2.32. The summed E-state index contributed by atoms with van der Waals surface area (Å²) in [7, 11) is 1.55. The van der Waals surface area contributed by atoms with Gasteiger partial charge >= 0.3 is 0 Å². The number of aromatic nitrogens is 3. The Hall–Kier alpha value is -4.06. The van der Waals surface area contributed by atoms with Crippen LogP contribution in [0.4, 0.5) is 5.82 Å². The zero-order valence-corrected chi connectivity index (χ0v) is 16.7. The minimum atomic E-state index is -0.523. The number of aryl methyl sites for hydroxylation is 2. The van der Waals surface area contributed by atoms with Gasteiger partial charge in [0.1, 0.15) is 11.4 Å². The van der Waals surface area contributed by atoms with Crippen LogP contribution in [0.2, 0.25) is 0 Å². The minimum Gasteiger partial charge on any atom is -0.306 e. The average Bonchev–Trinajstić information content (AvgIpc) is 2.78. The van der Waals surface area contributed by atoms with Crippen LogP contribution in [0.25, 0.3) is 22.4 Å². The molecule has 1 amide bonds. The van der Waals surface area contributed by atoms with Gasteiger partial charge in [-0.1, -0.05) is 66.7 Å². The molecule has 0 aliphatic carbocycles. The average molecular weight is 396 g/mol. The fourth-order valence-corrected chi connectivity index (χ4v) is 3.25. The summed E-state index contributed by atoms with van der Waals surface area (Å²) in [6.07, 6.45) is 1.66. The van der Waals surface area contributed by atoms with Crippen molar-refractivity contribution in [3.05, 3.63) is 100 Å². The molecular formula is C24H20N4O2. The quantitative estimate of drug-likeness (QED) is 0.564. The monoisotopic (exact) mass is 396 g/mol. The van der Waals surface area contributed by atoms with Gasteiger partial charge in [-0.3, -0.25) is 9.59 Å². The van der Waals surface area contributed by atoms with E-state index in [1.807, 2.05) is 73.7 Å². The van der Waals surface area contributed by atoms with Gasteiger partial charge in [0.2, 0.25) is 0 Å². The molecule has 1 N–H and O–H groups in total. The van der Waals surface area contributed by atoms with Crippen molar-refractivity contribution in [2.75, 3.05) is 5.32 Å². The summed E-state index contributed by atoms with van der Waals surface area (Å²) in [5.74, 6) is -0.143. The van der Waals surface area contributed by atoms with Gasteiger partial charge in [-0.15, -0.1) is 0 Å². The molecule has 0 spiro atoms. The molecule has 6 heteroatoms. The van der Waals surface area contributed by atoms with Crippen LogP contribution in [0.5, 0.6) is 0 Å². The zero-order valence-electron chi connectivity index (χ0n) is 16.7. The van der Waals surface area contributed by atoms with Crippen LogP contribution >= 0.6 is 0 Å². The van der Waals surface area contributed by atoms with Crippen molar-refractivity contribution in [2.45, 2.75) is 6.92 Å². The molecule has 0 unspecified atom stereocenters. The summed E-state index contributed by atoms with van der Waals surface area (Å²) in [5.41, 5.74) is 3.14. The lowest BCUT2D eigenvalue weighted by atomic mass is 9.95. The standard InChI is InChI=1S/C24H20N4O2/c1-16-13-14-19(25-15-16)26-23(29)21-20(17-9-5-3-6-10-17)22(27-28(2)24(21)30)18-11-7-4-8-12-18/h3-15H,1-2H3,(H,25,26,29). The molecule has 2 aromatic carbocycles. The van der Waals surface area contributed by atoms with Crippen LogP contribution in [0.3, 0.4) is 0 Å². The molecule has 0 bridgehead atoms. The number of hydrogen-bond donors (Lipinski definition) is 1. The van der Waals surface area contributed by atoms with Gasteiger partial charge in [0.15, 0.2) is 0 Å². The van der Waals surface area contributed by atoms with E-state index in [9.17, 15) is 9.59 Å². The first-order valence-electron chi connectivity index (χ1n) is 9.51. The molecule has 0 saturated heterocycles. The van der Waals surface area contributed by atoms with Gasteiger partial charge in [-0.2, -0.15) is 5.10 Å². The van der Waals surface area contributed by atoms with Crippen molar-refractivity contribution in [2.24, 2.45) is 7.05 Å². The van der Waals surface area contributed by atoms with E-state index in [4.69, 9.17) is 0 Å². The number of nitrogens with one attached hydrogen (secondary N) is 1. The van der Waals surface area contributed by atoms with Gasteiger partial charge < -0.3 is 5.32 Å². The molecule has 30 heavy (non-hydrogen) atoms. The Labute approximate surface area is 173 Å². The van der Waals surface area contributed by atoms with Crippen LogP contribution in [0, 0.1) is 6.92 Å². The minimum absolute atomic E-state index is 0.0277. The second kappa shape index (κ2) is 8.13. The SMILES string of the molecule is Cc1ccc(NC(=O)c2c(-c3ccccc3)c(-c3ccccc3)nn(C)c2=O)nc1. The largest absolute Gasteiger partial charge is 0.306 e. The molecule has 0 fully saturated rings. The number of carbonyl (C=O) groups excluding carboxylic acids is 1. The third kappa shape index (κ3) is 3.75. The van der Waals surface area contributed by atoms with E-state index in [2.05, 4.69) is 15.4 Å². The van der Waals surface area contributed by atoms with E-state index in [-0.39, 0.29) is 5.56 Å². The van der Waals surface area contributed by atoms with Crippen molar-refractivity contribution in [3.8, 4) is 22.4 Å². The maximum Gasteiger partial charge on any atom is 0.280 e. The van der Waals surface area contributed by atoms with Crippen molar-refractivity contribution < 1.29 is 4.79 Å². The Morgan fingerprint density at radius 1 is 0.900 bits per heavy atom. The normalized spacial score (nSPS) is 10.6. The number of amides is 1. The Balaban J connectivity index is 1.94. The highest BCUT2D eigenvalue weighted by Gasteiger charge is 2.24. The molecule has 0 atom stereocenters. The molecule has 2 heterocycles. The van der Waals surface area contributed by atoms with Gasteiger partial charge in [-0.25, -0.2) is 9.67 Å². The number of nitrogens with zero attached hydrogens (tertiary/aromatic N) is 3. The molecule has 0 aliphatic heterocycles. The van der Waals surface area contributed by atoms with E-state index < -0.39 is 11.5 Å². The summed E-state index contributed by atoms with van der Waals surface area (Å²) >= 11 is 0. The van der Waals surface area contributed by atoms with E-state index in [1.165, 1.54) is 4.68 Å². The topological polar surface area (TPSA) is 76.9 Å². The van der Waals surface area contributed by atoms with Gasteiger partial charge in [0.05, 0.1) is 5.69 Å². The number of anilines is 1. The Bertz CT molecular complexity index is 1250.